The lowest BCUT2D eigenvalue weighted by Gasteiger charge is -2.17. The Balaban J connectivity index is 1.57. The molecule has 0 spiro atoms. The van der Waals surface area contributed by atoms with Crippen LogP contribution in [0, 0.1) is 0 Å². The Kier molecular flexibility index (Phi) is 8.09. The highest BCUT2D eigenvalue weighted by Gasteiger charge is 2.27. The Bertz CT molecular complexity index is 970. The highest BCUT2D eigenvalue weighted by Crippen LogP contribution is 2.27. The van der Waals surface area contributed by atoms with Crippen molar-refractivity contribution in [3.8, 4) is 5.75 Å². The summed E-state index contributed by atoms with van der Waals surface area (Å²) in [4.78, 5) is 12.7. The second kappa shape index (κ2) is 10.8. The lowest BCUT2D eigenvalue weighted by atomic mass is 10.1. The Morgan fingerprint density at radius 3 is 2.48 bits per heavy atom. The van der Waals surface area contributed by atoms with Crippen LogP contribution in [-0.2, 0) is 27.7 Å². The standard InChI is InChI=1S/C24H32N2O4S/c1-19(10-11-20-8-4-3-5-9-20)25-24(27)15-12-21-18-22(13-14-23(21)30-2)31(28,29)26-16-6-7-17-26/h3-5,8-9,13-14,18-19H,6-7,10-12,15-17H2,1-2H3,(H,25,27)/t19-/m0/s1. The third kappa shape index (κ3) is 6.31. The van der Waals surface area contributed by atoms with Gasteiger partial charge in [-0.1, -0.05) is 30.3 Å². The highest BCUT2D eigenvalue weighted by atomic mass is 32.2. The van der Waals surface area contributed by atoms with E-state index in [1.54, 1.807) is 25.3 Å². The minimum absolute atomic E-state index is 0.0459. The van der Waals surface area contributed by atoms with Crippen LogP contribution in [0.2, 0.25) is 0 Å². The number of sulfonamides is 1. The molecule has 1 aliphatic heterocycles. The second-order valence-electron chi connectivity index (χ2n) is 8.08. The molecule has 31 heavy (non-hydrogen) atoms. The number of nitrogens with one attached hydrogen (secondary N) is 1. The fraction of sp³-hybridized carbons (Fsp3) is 0.458. The van der Waals surface area contributed by atoms with Crippen molar-refractivity contribution in [3.63, 3.8) is 0 Å². The van der Waals surface area contributed by atoms with Gasteiger partial charge in [0.1, 0.15) is 5.75 Å². The van der Waals surface area contributed by atoms with Gasteiger partial charge in [0.25, 0.3) is 0 Å². The van der Waals surface area contributed by atoms with E-state index in [0.29, 0.717) is 25.3 Å². The van der Waals surface area contributed by atoms with Crippen LogP contribution >= 0.6 is 0 Å². The summed E-state index contributed by atoms with van der Waals surface area (Å²) in [5.41, 5.74) is 1.99. The monoisotopic (exact) mass is 444 g/mol. The molecule has 6 nitrogen and oxygen atoms in total. The van der Waals surface area contributed by atoms with Crippen LogP contribution in [0.1, 0.15) is 43.7 Å². The van der Waals surface area contributed by atoms with Gasteiger partial charge in [-0.05, 0) is 68.4 Å². The summed E-state index contributed by atoms with van der Waals surface area (Å²) < 4.78 is 32.7. The van der Waals surface area contributed by atoms with Crippen molar-refractivity contribution in [3.05, 3.63) is 59.7 Å². The van der Waals surface area contributed by atoms with E-state index in [1.807, 2.05) is 25.1 Å². The molecule has 1 heterocycles. The van der Waals surface area contributed by atoms with Gasteiger partial charge in [-0.25, -0.2) is 8.42 Å². The summed E-state index contributed by atoms with van der Waals surface area (Å²) in [5, 5.41) is 3.04. The van der Waals surface area contributed by atoms with Gasteiger partial charge in [0.05, 0.1) is 12.0 Å². The molecule has 168 valence electrons. The summed E-state index contributed by atoms with van der Waals surface area (Å²) in [7, 11) is -1.95. The average Bonchev–Trinajstić information content (AvgIpc) is 3.33. The smallest absolute Gasteiger partial charge is 0.243 e. The molecule has 2 aromatic rings. The van der Waals surface area contributed by atoms with Crippen molar-refractivity contribution in [2.24, 2.45) is 0 Å². The number of rotatable bonds is 10. The van der Waals surface area contributed by atoms with Crippen molar-refractivity contribution in [2.75, 3.05) is 20.2 Å². The Labute approximate surface area is 185 Å². The molecule has 0 aromatic heterocycles. The molecule has 1 amide bonds. The van der Waals surface area contributed by atoms with E-state index in [-0.39, 0.29) is 23.3 Å². The third-order valence-corrected chi connectivity index (χ3v) is 7.59. The fourth-order valence-electron chi connectivity index (χ4n) is 3.88. The molecular formula is C24H32N2O4S. The Hall–Kier alpha value is -2.38. The van der Waals surface area contributed by atoms with Gasteiger partial charge in [-0.2, -0.15) is 4.31 Å². The number of methoxy groups -OCH3 is 1. The van der Waals surface area contributed by atoms with Gasteiger partial charge in [-0.15, -0.1) is 0 Å². The minimum Gasteiger partial charge on any atom is -0.496 e. The van der Waals surface area contributed by atoms with E-state index in [4.69, 9.17) is 4.74 Å². The first-order chi connectivity index (χ1) is 14.9. The molecule has 1 atom stereocenters. The quantitative estimate of drug-likeness (QED) is 0.608. The number of ether oxygens (including phenoxy) is 1. The Morgan fingerprint density at radius 1 is 1.10 bits per heavy atom. The maximum absolute atomic E-state index is 12.9. The van der Waals surface area contributed by atoms with Gasteiger partial charge in [0, 0.05) is 25.6 Å². The topological polar surface area (TPSA) is 75.7 Å². The molecule has 0 aliphatic carbocycles. The van der Waals surface area contributed by atoms with Crippen LogP contribution in [0.15, 0.2) is 53.4 Å². The minimum atomic E-state index is -3.50. The van der Waals surface area contributed by atoms with Crippen molar-refractivity contribution in [2.45, 2.75) is 56.4 Å². The molecule has 0 unspecified atom stereocenters. The highest BCUT2D eigenvalue weighted by molar-refractivity contribution is 7.89. The van der Waals surface area contributed by atoms with Gasteiger partial charge in [0.2, 0.25) is 15.9 Å². The molecule has 7 heteroatoms. The van der Waals surface area contributed by atoms with Crippen LogP contribution in [0.4, 0.5) is 0 Å². The van der Waals surface area contributed by atoms with E-state index in [1.165, 1.54) is 9.87 Å². The molecule has 1 saturated heterocycles. The summed E-state index contributed by atoms with van der Waals surface area (Å²) in [6, 6.07) is 15.2. The number of hydrogen-bond donors (Lipinski definition) is 1. The SMILES string of the molecule is COc1ccc(S(=O)(=O)N2CCCC2)cc1CCC(=O)N[C@@H](C)CCc1ccccc1. The van der Waals surface area contributed by atoms with Gasteiger partial charge >= 0.3 is 0 Å². The maximum atomic E-state index is 12.9. The molecule has 0 saturated carbocycles. The molecule has 1 aliphatic rings. The largest absolute Gasteiger partial charge is 0.496 e. The van der Waals surface area contributed by atoms with Gasteiger partial charge < -0.3 is 10.1 Å². The predicted molar refractivity (Wildman–Crippen MR) is 122 cm³/mol. The van der Waals surface area contributed by atoms with Gasteiger partial charge in [-0.3, -0.25) is 4.79 Å². The van der Waals surface area contributed by atoms with E-state index < -0.39 is 10.0 Å². The van der Waals surface area contributed by atoms with E-state index >= 15 is 0 Å². The van der Waals surface area contributed by atoms with E-state index in [0.717, 1.165) is 31.2 Å². The third-order valence-electron chi connectivity index (χ3n) is 5.69. The molecule has 3 rings (SSSR count). The van der Waals surface area contributed by atoms with Crippen molar-refractivity contribution >= 4 is 15.9 Å². The summed E-state index contributed by atoms with van der Waals surface area (Å²) in [6.45, 7) is 3.13. The van der Waals surface area contributed by atoms with Crippen LogP contribution in [-0.4, -0.2) is 44.9 Å². The first kappa shape index (κ1) is 23.3. The van der Waals surface area contributed by atoms with Crippen molar-refractivity contribution < 1.29 is 17.9 Å². The van der Waals surface area contributed by atoms with Gasteiger partial charge in [0.15, 0.2) is 0 Å². The molecular weight excluding hydrogens is 412 g/mol. The Morgan fingerprint density at radius 2 is 1.81 bits per heavy atom. The maximum Gasteiger partial charge on any atom is 0.243 e. The number of hydrogen-bond acceptors (Lipinski definition) is 4. The number of amides is 1. The zero-order valence-electron chi connectivity index (χ0n) is 18.3. The molecule has 1 fully saturated rings. The van der Waals surface area contributed by atoms with Crippen LogP contribution in [0.3, 0.4) is 0 Å². The zero-order valence-corrected chi connectivity index (χ0v) is 19.2. The number of nitrogens with zero attached hydrogens (tertiary/aromatic N) is 1. The number of carbonyl (C=O) groups is 1. The van der Waals surface area contributed by atoms with Crippen LogP contribution < -0.4 is 10.1 Å². The normalized spacial score (nSPS) is 15.5. The van der Waals surface area contributed by atoms with E-state index in [9.17, 15) is 13.2 Å². The zero-order chi connectivity index (χ0) is 22.3. The molecule has 1 N–H and O–H groups in total. The summed E-state index contributed by atoms with van der Waals surface area (Å²) >= 11 is 0. The van der Waals surface area contributed by atoms with Crippen LogP contribution in [0.5, 0.6) is 5.75 Å². The first-order valence-electron chi connectivity index (χ1n) is 10.9. The predicted octanol–water partition coefficient (Wildman–Crippen LogP) is 3.55. The lowest BCUT2D eigenvalue weighted by Crippen LogP contribution is -2.33. The fourth-order valence-corrected chi connectivity index (χ4v) is 5.45. The first-order valence-corrected chi connectivity index (χ1v) is 12.3. The number of aryl methyl sites for hydroxylation is 2. The lowest BCUT2D eigenvalue weighted by molar-refractivity contribution is -0.121. The van der Waals surface area contributed by atoms with Crippen LogP contribution in [0.25, 0.3) is 0 Å². The van der Waals surface area contributed by atoms with Crippen molar-refractivity contribution in [1.82, 2.24) is 9.62 Å². The summed E-state index contributed by atoms with van der Waals surface area (Å²) in [6.07, 6.45) is 4.26. The van der Waals surface area contributed by atoms with Crippen molar-refractivity contribution in [1.29, 1.82) is 0 Å². The number of carbonyl (C=O) groups excluding carboxylic acids is 1. The van der Waals surface area contributed by atoms with E-state index in [2.05, 4.69) is 17.4 Å². The number of benzene rings is 2. The molecule has 0 bridgehead atoms. The summed E-state index contributed by atoms with van der Waals surface area (Å²) in [5.74, 6) is 0.556. The molecule has 2 aromatic carbocycles. The molecule has 0 radical (unpaired) electrons. The second-order valence-corrected chi connectivity index (χ2v) is 10.0. The average molecular weight is 445 g/mol.